The Balaban J connectivity index is 3.58. The predicted molar refractivity (Wildman–Crippen MR) is 35.3 cm³/mol. The van der Waals surface area contributed by atoms with Crippen LogP contribution in [0.4, 0.5) is 0 Å². The molecule has 58 valence electrons. The minimum Gasteiger partial charge on any atom is -0.369 e. The van der Waals surface area contributed by atoms with E-state index in [4.69, 9.17) is 4.74 Å². The number of carbonyl (C=O) groups excluding carboxylic acids is 2. The Morgan fingerprint density at radius 1 is 1.80 bits per heavy atom. The van der Waals surface area contributed by atoms with Crippen molar-refractivity contribution in [3.8, 4) is 0 Å². The molecular formula is C6H11NO3. The summed E-state index contributed by atoms with van der Waals surface area (Å²) < 4.78 is 4.89. The van der Waals surface area contributed by atoms with Crippen LogP contribution in [0.5, 0.6) is 0 Å². The number of hydrogen-bond donors (Lipinski definition) is 1. The van der Waals surface area contributed by atoms with Crippen LogP contribution in [-0.4, -0.2) is 25.0 Å². The normalized spacial score (nSPS) is 12.2. The van der Waals surface area contributed by atoms with E-state index in [1.165, 1.54) is 0 Å². The van der Waals surface area contributed by atoms with Gasteiger partial charge < -0.3 is 4.74 Å². The van der Waals surface area contributed by atoms with Crippen molar-refractivity contribution >= 4 is 12.3 Å². The molecule has 0 spiro atoms. The van der Waals surface area contributed by atoms with Crippen LogP contribution in [-0.2, 0) is 14.3 Å². The number of imide groups is 1. The smallest absolute Gasteiger partial charge is 0.255 e. The third-order valence-electron chi connectivity index (χ3n) is 0.987. The lowest BCUT2D eigenvalue weighted by molar-refractivity contribution is -0.133. The fraction of sp³-hybridized carbons (Fsp3) is 0.667. The average molecular weight is 145 g/mol. The van der Waals surface area contributed by atoms with Crippen LogP contribution >= 0.6 is 0 Å². The van der Waals surface area contributed by atoms with Crippen molar-refractivity contribution in [1.29, 1.82) is 0 Å². The molecule has 0 unspecified atom stereocenters. The second-order valence-corrected chi connectivity index (χ2v) is 1.72. The van der Waals surface area contributed by atoms with Crippen molar-refractivity contribution in [3.63, 3.8) is 0 Å². The first-order valence-corrected chi connectivity index (χ1v) is 3.08. The van der Waals surface area contributed by atoms with E-state index in [0.29, 0.717) is 13.0 Å². The maximum Gasteiger partial charge on any atom is 0.255 e. The molecule has 2 amide bonds. The number of hydrogen-bond acceptors (Lipinski definition) is 3. The third-order valence-corrected chi connectivity index (χ3v) is 0.987. The molecule has 1 N–H and O–H groups in total. The first-order valence-electron chi connectivity index (χ1n) is 3.08. The van der Waals surface area contributed by atoms with Gasteiger partial charge in [0.15, 0.2) is 0 Å². The standard InChI is InChI=1S/C6H11NO3/c1-3-10-5(2)6(9)7-4-8/h4-5H,3H2,1-2H3,(H,7,8,9)/t5-/m1/s1. The highest BCUT2D eigenvalue weighted by Crippen LogP contribution is 1.87. The van der Waals surface area contributed by atoms with Crippen molar-refractivity contribution < 1.29 is 14.3 Å². The highest BCUT2D eigenvalue weighted by molar-refractivity contribution is 5.88. The van der Waals surface area contributed by atoms with Gasteiger partial charge in [-0.25, -0.2) is 0 Å². The van der Waals surface area contributed by atoms with Gasteiger partial charge in [0.2, 0.25) is 6.41 Å². The van der Waals surface area contributed by atoms with Crippen molar-refractivity contribution in [2.75, 3.05) is 6.61 Å². The van der Waals surface area contributed by atoms with E-state index >= 15 is 0 Å². The van der Waals surface area contributed by atoms with Crippen molar-refractivity contribution in [3.05, 3.63) is 0 Å². The summed E-state index contributed by atoms with van der Waals surface area (Å²) in [6.07, 6.45) is -0.201. The largest absolute Gasteiger partial charge is 0.369 e. The van der Waals surface area contributed by atoms with Crippen LogP contribution in [0.3, 0.4) is 0 Å². The van der Waals surface area contributed by atoms with Crippen LogP contribution in [0.15, 0.2) is 0 Å². The second kappa shape index (κ2) is 4.93. The Morgan fingerprint density at radius 3 is 2.80 bits per heavy atom. The Labute approximate surface area is 59.6 Å². The molecule has 0 aromatic heterocycles. The molecule has 0 radical (unpaired) electrons. The zero-order valence-corrected chi connectivity index (χ0v) is 6.09. The van der Waals surface area contributed by atoms with Gasteiger partial charge in [-0.05, 0) is 13.8 Å². The number of nitrogens with one attached hydrogen (secondary N) is 1. The fourth-order valence-corrected chi connectivity index (χ4v) is 0.501. The summed E-state index contributed by atoms with van der Waals surface area (Å²) in [4.78, 5) is 20.4. The van der Waals surface area contributed by atoms with E-state index in [1.54, 1.807) is 13.8 Å². The highest BCUT2D eigenvalue weighted by Gasteiger charge is 2.10. The van der Waals surface area contributed by atoms with Gasteiger partial charge >= 0.3 is 0 Å². The molecule has 0 rings (SSSR count). The first kappa shape index (κ1) is 9.10. The zero-order chi connectivity index (χ0) is 7.98. The lowest BCUT2D eigenvalue weighted by atomic mass is 10.4. The van der Waals surface area contributed by atoms with Crippen LogP contribution in [0.25, 0.3) is 0 Å². The predicted octanol–water partition coefficient (Wildman–Crippen LogP) is -0.316. The SMILES string of the molecule is CCO[C@H](C)C(=O)NC=O. The van der Waals surface area contributed by atoms with E-state index in [0.717, 1.165) is 0 Å². The average Bonchev–Trinajstić information content (AvgIpc) is 1.89. The molecule has 0 bridgehead atoms. The third kappa shape index (κ3) is 3.19. The fourth-order valence-electron chi connectivity index (χ4n) is 0.501. The Morgan fingerprint density at radius 2 is 2.40 bits per heavy atom. The van der Waals surface area contributed by atoms with E-state index in [2.05, 4.69) is 0 Å². The van der Waals surface area contributed by atoms with Crippen molar-refractivity contribution in [2.45, 2.75) is 20.0 Å². The number of amides is 2. The molecule has 0 aromatic carbocycles. The maximum atomic E-state index is 10.7. The van der Waals surface area contributed by atoms with E-state index < -0.39 is 12.0 Å². The van der Waals surface area contributed by atoms with Crippen LogP contribution in [0.1, 0.15) is 13.8 Å². The van der Waals surface area contributed by atoms with Crippen LogP contribution in [0, 0.1) is 0 Å². The Kier molecular flexibility index (Phi) is 4.49. The summed E-state index contributed by atoms with van der Waals surface area (Å²) in [6.45, 7) is 3.83. The molecule has 4 heteroatoms. The van der Waals surface area contributed by atoms with E-state index in [9.17, 15) is 9.59 Å². The molecule has 4 nitrogen and oxygen atoms in total. The molecule has 0 saturated heterocycles. The lowest BCUT2D eigenvalue weighted by Crippen LogP contribution is -2.33. The summed E-state index contributed by atoms with van der Waals surface area (Å²) in [7, 11) is 0. The molecule has 0 aromatic rings. The van der Waals surface area contributed by atoms with Crippen molar-refractivity contribution in [2.24, 2.45) is 0 Å². The number of carbonyl (C=O) groups is 2. The van der Waals surface area contributed by atoms with Gasteiger partial charge in [0.1, 0.15) is 6.10 Å². The molecule has 10 heavy (non-hydrogen) atoms. The summed E-state index contributed by atoms with van der Waals surface area (Å²) >= 11 is 0. The Hall–Kier alpha value is -0.900. The van der Waals surface area contributed by atoms with Gasteiger partial charge in [-0.1, -0.05) is 0 Å². The summed E-state index contributed by atoms with van der Waals surface area (Å²) in [6, 6.07) is 0. The van der Waals surface area contributed by atoms with Gasteiger partial charge in [0.25, 0.3) is 5.91 Å². The second-order valence-electron chi connectivity index (χ2n) is 1.72. The van der Waals surface area contributed by atoms with Crippen LogP contribution in [0.2, 0.25) is 0 Å². The van der Waals surface area contributed by atoms with Gasteiger partial charge in [-0.2, -0.15) is 0 Å². The van der Waals surface area contributed by atoms with E-state index in [1.807, 2.05) is 5.32 Å². The summed E-state index contributed by atoms with van der Waals surface area (Å²) in [5.41, 5.74) is 0. The Bertz CT molecular complexity index is 124. The lowest BCUT2D eigenvalue weighted by Gasteiger charge is -2.07. The molecule has 0 aliphatic rings. The van der Waals surface area contributed by atoms with Crippen molar-refractivity contribution in [1.82, 2.24) is 5.32 Å². The quantitative estimate of drug-likeness (QED) is 0.552. The highest BCUT2D eigenvalue weighted by atomic mass is 16.5. The monoisotopic (exact) mass is 145 g/mol. The molecule has 0 aliphatic carbocycles. The maximum absolute atomic E-state index is 10.7. The van der Waals surface area contributed by atoms with Gasteiger partial charge in [0, 0.05) is 6.61 Å². The van der Waals surface area contributed by atoms with Gasteiger partial charge in [-0.3, -0.25) is 14.9 Å². The molecule has 1 atom stereocenters. The molecule has 0 fully saturated rings. The molecule has 0 saturated carbocycles. The minimum absolute atomic E-state index is 0.345. The number of ether oxygens (including phenoxy) is 1. The van der Waals surface area contributed by atoms with Gasteiger partial charge in [0.05, 0.1) is 0 Å². The van der Waals surface area contributed by atoms with Crippen LogP contribution < -0.4 is 5.32 Å². The summed E-state index contributed by atoms with van der Waals surface area (Å²) in [5.74, 6) is -0.406. The minimum atomic E-state index is -0.546. The molecular weight excluding hydrogens is 134 g/mol. The molecule has 0 heterocycles. The van der Waals surface area contributed by atoms with Gasteiger partial charge in [-0.15, -0.1) is 0 Å². The van der Waals surface area contributed by atoms with E-state index in [-0.39, 0.29) is 0 Å². The summed E-state index contributed by atoms with van der Waals surface area (Å²) in [5, 5.41) is 1.99. The number of rotatable bonds is 4. The topological polar surface area (TPSA) is 55.4 Å². The molecule has 0 aliphatic heterocycles. The first-order chi connectivity index (χ1) is 4.72. The zero-order valence-electron chi connectivity index (χ0n) is 6.09.